The van der Waals surface area contributed by atoms with Crippen molar-refractivity contribution in [2.45, 2.75) is 57.0 Å². The van der Waals surface area contributed by atoms with E-state index in [4.69, 9.17) is 11.6 Å². The summed E-state index contributed by atoms with van der Waals surface area (Å²) >= 11 is 6.07. The van der Waals surface area contributed by atoms with E-state index in [0.717, 1.165) is 64.1 Å². The molecule has 3 aromatic rings. The van der Waals surface area contributed by atoms with E-state index in [0.29, 0.717) is 31.0 Å². The topological polar surface area (TPSA) is 67.8 Å². The molecule has 232 valence electrons. The van der Waals surface area contributed by atoms with Gasteiger partial charge < -0.3 is 25.5 Å². The summed E-state index contributed by atoms with van der Waals surface area (Å²) in [6.07, 6.45) is 4.19. The second kappa shape index (κ2) is 16.2. The normalized spacial score (nSPS) is 15.4. The molecule has 0 aliphatic carbocycles. The smallest absolute Gasteiger partial charge is 0.314 e. The molecular formula is C36H49ClN4O2. The molecule has 3 N–H and O–H groups in total. The number of urea groups is 1. The Morgan fingerprint density at radius 3 is 2.02 bits per heavy atom. The molecule has 1 saturated heterocycles. The number of carbonyl (C=O) groups is 1. The molecular weight excluding hydrogens is 556 g/mol. The summed E-state index contributed by atoms with van der Waals surface area (Å²) in [5.41, 5.74) is 2.20. The van der Waals surface area contributed by atoms with Crippen LogP contribution in [0.25, 0.3) is 0 Å². The van der Waals surface area contributed by atoms with Gasteiger partial charge in [-0.1, -0.05) is 98.2 Å². The number of aliphatic hydroxyl groups is 1. The molecule has 1 fully saturated rings. The predicted molar refractivity (Wildman–Crippen MR) is 178 cm³/mol. The number of nitrogens with zero attached hydrogens (tertiary/aromatic N) is 2. The first-order valence-corrected chi connectivity index (χ1v) is 16.3. The van der Waals surface area contributed by atoms with Crippen LogP contribution < -0.4 is 10.6 Å². The summed E-state index contributed by atoms with van der Waals surface area (Å²) in [5.74, 6) is 0. The highest BCUT2D eigenvalue weighted by Gasteiger charge is 2.36. The maximum Gasteiger partial charge on any atom is 0.314 e. The fourth-order valence-electron chi connectivity index (χ4n) is 6.40. The van der Waals surface area contributed by atoms with Crippen molar-refractivity contribution >= 4 is 17.6 Å². The zero-order valence-corrected chi connectivity index (χ0v) is 26.7. The van der Waals surface area contributed by atoms with E-state index >= 15 is 0 Å². The molecule has 0 atom stereocenters. The van der Waals surface area contributed by atoms with Crippen molar-refractivity contribution in [3.63, 3.8) is 0 Å². The van der Waals surface area contributed by atoms with E-state index in [9.17, 15) is 9.90 Å². The Labute approximate surface area is 263 Å². The van der Waals surface area contributed by atoms with Crippen molar-refractivity contribution in [3.8, 4) is 0 Å². The maximum absolute atomic E-state index is 13.0. The predicted octanol–water partition coefficient (Wildman–Crippen LogP) is 6.42. The van der Waals surface area contributed by atoms with Crippen LogP contribution in [-0.2, 0) is 11.0 Å². The molecule has 0 saturated carbocycles. The van der Waals surface area contributed by atoms with Gasteiger partial charge in [0.05, 0.1) is 5.60 Å². The maximum atomic E-state index is 13.0. The van der Waals surface area contributed by atoms with Gasteiger partial charge in [-0.15, -0.1) is 0 Å². The van der Waals surface area contributed by atoms with Crippen LogP contribution >= 0.6 is 11.6 Å². The standard InChI is InChI=1S/C36H49ClN4O2/c1-3-40(4-2)26-12-24-38-34(42)39-29-35(30-13-7-5-8-14-30,31-15-9-6-10-16-31)21-11-25-41-27-22-36(43,23-28-41)32-17-19-33(37)20-18-32/h5-10,13-20,43H,3-4,11-12,21-29H2,1-2H3,(H2,38,39,42). The first-order valence-electron chi connectivity index (χ1n) is 15.9. The summed E-state index contributed by atoms with van der Waals surface area (Å²) < 4.78 is 0. The molecule has 6 nitrogen and oxygen atoms in total. The number of likely N-dealkylation sites (tertiary alicyclic amines) is 1. The zero-order chi connectivity index (χ0) is 30.5. The van der Waals surface area contributed by atoms with Crippen LogP contribution in [0.2, 0.25) is 5.02 Å². The van der Waals surface area contributed by atoms with Gasteiger partial charge in [-0.2, -0.15) is 0 Å². The molecule has 2 amide bonds. The van der Waals surface area contributed by atoms with Crippen molar-refractivity contribution < 1.29 is 9.90 Å². The molecule has 0 aromatic heterocycles. The lowest BCUT2D eigenvalue weighted by Gasteiger charge is -2.40. The average molecular weight is 605 g/mol. The fourth-order valence-corrected chi connectivity index (χ4v) is 6.53. The van der Waals surface area contributed by atoms with E-state index in [2.05, 4.69) is 82.8 Å². The van der Waals surface area contributed by atoms with E-state index in [1.54, 1.807) is 0 Å². The summed E-state index contributed by atoms with van der Waals surface area (Å²) in [6, 6.07) is 28.7. The number of carbonyl (C=O) groups excluding carboxylic acids is 1. The van der Waals surface area contributed by atoms with Gasteiger partial charge in [0.1, 0.15) is 0 Å². The van der Waals surface area contributed by atoms with Gasteiger partial charge in [-0.25, -0.2) is 4.79 Å². The van der Waals surface area contributed by atoms with E-state index in [-0.39, 0.29) is 11.4 Å². The minimum atomic E-state index is -0.804. The molecule has 0 unspecified atom stereocenters. The third-order valence-electron chi connectivity index (χ3n) is 9.18. The van der Waals surface area contributed by atoms with Gasteiger partial charge in [-0.3, -0.25) is 0 Å². The highest BCUT2D eigenvalue weighted by molar-refractivity contribution is 6.30. The number of benzene rings is 3. The van der Waals surface area contributed by atoms with Gasteiger partial charge in [0, 0.05) is 36.6 Å². The number of hydrogen-bond acceptors (Lipinski definition) is 4. The quantitative estimate of drug-likeness (QED) is 0.175. The SMILES string of the molecule is CCN(CC)CCCNC(=O)NCC(CCCN1CCC(O)(c2ccc(Cl)cc2)CC1)(c1ccccc1)c1ccccc1. The lowest BCUT2D eigenvalue weighted by atomic mass is 9.71. The van der Waals surface area contributed by atoms with Crippen molar-refractivity contribution in [1.82, 2.24) is 20.4 Å². The number of nitrogens with one attached hydrogen (secondary N) is 2. The number of amides is 2. The average Bonchev–Trinajstić information content (AvgIpc) is 3.05. The Bertz CT molecular complexity index is 1190. The Balaban J connectivity index is 1.41. The van der Waals surface area contributed by atoms with Crippen LogP contribution in [0.15, 0.2) is 84.9 Å². The summed E-state index contributed by atoms with van der Waals surface area (Å²) in [5, 5.41) is 18.3. The van der Waals surface area contributed by atoms with E-state index < -0.39 is 5.60 Å². The van der Waals surface area contributed by atoms with Crippen molar-refractivity contribution in [2.24, 2.45) is 0 Å². The number of halogens is 1. The van der Waals surface area contributed by atoms with Crippen molar-refractivity contribution in [3.05, 3.63) is 107 Å². The van der Waals surface area contributed by atoms with E-state index in [1.807, 2.05) is 36.4 Å². The van der Waals surface area contributed by atoms with Crippen LogP contribution in [0.1, 0.15) is 62.6 Å². The van der Waals surface area contributed by atoms with Gasteiger partial charge >= 0.3 is 6.03 Å². The van der Waals surface area contributed by atoms with Crippen molar-refractivity contribution in [1.29, 1.82) is 0 Å². The first kappa shape index (κ1) is 33.0. The lowest BCUT2D eigenvalue weighted by molar-refractivity contribution is -0.0262. The minimum absolute atomic E-state index is 0.117. The molecule has 1 heterocycles. The second-order valence-electron chi connectivity index (χ2n) is 11.8. The zero-order valence-electron chi connectivity index (χ0n) is 25.9. The number of rotatable bonds is 15. The molecule has 3 aromatic carbocycles. The molecule has 0 spiro atoms. The highest BCUT2D eigenvalue weighted by atomic mass is 35.5. The monoisotopic (exact) mass is 604 g/mol. The molecule has 4 rings (SSSR count). The van der Waals surface area contributed by atoms with Gasteiger partial charge in [0.25, 0.3) is 0 Å². The van der Waals surface area contributed by atoms with Gasteiger partial charge in [-0.05, 0) is 87.1 Å². The van der Waals surface area contributed by atoms with Gasteiger partial charge in [0.2, 0.25) is 0 Å². The first-order chi connectivity index (χ1) is 20.9. The van der Waals surface area contributed by atoms with E-state index in [1.165, 1.54) is 11.1 Å². The summed E-state index contributed by atoms with van der Waals surface area (Å²) in [6.45, 7) is 11.2. The Kier molecular flexibility index (Phi) is 12.5. The van der Waals surface area contributed by atoms with Crippen LogP contribution in [0.4, 0.5) is 4.79 Å². The van der Waals surface area contributed by atoms with Crippen LogP contribution in [-0.4, -0.2) is 73.3 Å². The number of hydrogen-bond donors (Lipinski definition) is 3. The lowest BCUT2D eigenvalue weighted by Crippen LogP contribution is -2.46. The largest absolute Gasteiger partial charge is 0.385 e. The van der Waals surface area contributed by atoms with Crippen molar-refractivity contribution in [2.75, 3.05) is 52.4 Å². The van der Waals surface area contributed by atoms with Gasteiger partial charge in [0.15, 0.2) is 0 Å². The molecule has 7 heteroatoms. The summed E-state index contributed by atoms with van der Waals surface area (Å²) in [7, 11) is 0. The molecule has 0 bridgehead atoms. The van der Waals surface area contributed by atoms with Crippen LogP contribution in [0.3, 0.4) is 0 Å². The number of piperidine rings is 1. The Hall–Kier alpha value is -2.90. The Morgan fingerprint density at radius 1 is 0.884 bits per heavy atom. The third-order valence-corrected chi connectivity index (χ3v) is 9.43. The molecule has 0 radical (unpaired) electrons. The highest BCUT2D eigenvalue weighted by Crippen LogP contribution is 2.38. The van der Waals surface area contributed by atoms with Crippen LogP contribution in [0, 0.1) is 0 Å². The molecule has 43 heavy (non-hydrogen) atoms. The molecule has 1 aliphatic rings. The Morgan fingerprint density at radius 2 is 1.47 bits per heavy atom. The summed E-state index contributed by atoms with van der Waals surface area (Å²) in [4.78, 5) is 17.8. The second-order valence-corrected chi connectivity index (χ2v) is 12.2. The third kappa shape index (κ3) is 9.05. The molecule has 1 aliphatic heterocycles. The fraction of sp³-hybridized carbons (Fsp3) is 0.472. The minimum Gasteiger partial charge on any atom is -0.385 e. The van der Waals surface area contributed by atoms with Crippen LogP contribution in [0.5, 0.6) is 0 Å².